The molecule has 0 unspecified atom stereocenters. The average Bonchev–Trinajstić information content (AvgIpc) is 3.02. The van der Waals surface area contributed by atoms with E-state index in [1.165, 1.54) is 0 Å². The van der Waals surface area contributed by atoms with Crippen molar-refractivity contribution in [3.05, 3.63) is 30.9 Å². The molecule has 0 radical (unpaired) electrons. The predicted molar refractivity (Wildman–Crippen MR) is 71.7 cm³/mol. The van der Waals surface area contributed by atoms with Gasteiger partial charge in [-0.3, -0.25) is 9.36 Å². The van der Waals surface area contributed by atoms with Crippen molar-refractivity contribution in [1.82, 2.24) is 19.7 Å². The van der Waals surface area contributed by atoms with Gasteiger partial charge in [0.15, 0.2) is 11.6 Å². The highest BCUT2D eigenvalue weighted by molar-refractivity contribution is 5.71. The molecule has 3 heterocycles. The second-order valence-electron chi connectivity index (χ2n) is 4.84. The molecule has 3 rings (SSSR count). The number of aliphatic carboxylic acids is 1. The second kappa shape index (κ2) is 5.28. The Morgan fingerprint density at radius 2 is 2.10 bits per heavy atom. The molecule has 104 valence electrons. The van der Waals surface area contributed by atoms with E-state index in [4.69, 9.17) is 5.11 Å². The van der Waals surface area contributed by atoms with E-state index in [0.717, 1.165) is 25.2 Å². The van der Waals surface area contributed by atoms with Crippen LogP contribution < -0.4 is 4.90 Å². The molecule has 0 amide bonds. The fourth-order valence-electron chi connectivity index (χ4n) is 2.41. The maximum absolute atomic E-state index is 11.1. The average molecular weight is 273 g/mol. The minimum atomic E-state index is -0.738. The van der Waals surface area contributed by atoms with Gasteiger partial charge in [0.1, 0.15) is 6.33 Å². The molecule has 2 aromatic heterocycles. The van der Waals surface area contributed by atoms with Gasteiger partial charge in [-0.25, -0.2) is 4.98 Å². The molecule has 1 atom stereocenters. The van der Waals surface area contributed by atoms with Crippen LogP contribution in [0.2, 0.25) is 0 Å². The molecule has 0 aromatic carbocycles. The largest absolute Gasteiger partial charge is 0.481 e. The van der Waals surface area contributed by atoms with E-state index < -0.39 is 5.97 Å². The molecule has 20 heavy (non-hydrogen) atoms. The molecule has 2 aromatic rings. The van der Waals surface area contributed by atoms with E-state index >= 15 is 0 Å². The van der Waals surface area contributed by atoms with Crippen molar-refractivity contribution in [3.63, 3.8) is 0 Å². The zero-order valence-corrected chi connectivity index (χ0v) is 10.9. The lowest BCUT2D eigenvalue weighted by atomic mass is 9.98. The Balaban J connectivity index is 1.76. The first-order valence-corrected chi connectivity index (χ1v) is 6.54. The number of piperidine rings is 1. The van der Waals surface area contributed by atoms with Crippen LogP contribution in [0.25, 0.3) is 5.82 Å². The second-order valence-corrected chi connectivity index (χ2v) is 4.84. The van der Waals surface area contributed by atoms with Crippen LogP contribution in [0.1, 0.15) is 12.8 Å². The van der Waals surface area contributed by atoms with Gasteiger partial charge in [-0.05, 0) is 25.0 Å². The summed E-state index contributed by atoms with van der Waals surface area (Å²) in [5.74, 6) is 0.356. The van der Waals surface area contributed by atoms with Gasteiger partial charge < -0.3 is 10.0 Å². The number of hydrogen-bond acceptors (Lipinski definition) is 5. The van der Waals surface area contributed by atoms with Crippen molar-refractivity contribution < 1.29 is 9.90 Å². The van der Waals surface area contributed by atoms with Crippen molar-refractivity contribution in [1.29, 1.82) is 0 Å². The Kier molecular flexibility index (Phi) is 3.32. The Bertz CT molecular complexity index is 581. The van der Waals surface area contributed by atoms with Crippen molar-refractivity contribution in [3.8, 4) is 5.82 Å². The van der Waals surface area contributed by atoms with Crippen molar-refractivity contribution in [2.45, 2.75) is 12.8 Å². The van der Waals surface area contributed by atoms with E-state index in [-0.39, 0.29) is 5.92 Å². The van der Waals surface area contributed by atoms with Gasteiger partial charge >= 0.3 is 5.97 Å². The first-order chi connectivity index (χ1) is 9.74. The van der Waals surface area contributed by atoms with Gasteiger partial charge in [0.2, 0.25) is 0 Å². The van der Waals surface area contributed by atoms with Crippen LogP contribution in [-0.2, 0) is 4.79 Å². The number of rotatable bonds is 3. The van der Waals surface area contributed by atoms with E-state index in [2.05, 4.69) is 15.2 Å². The summed E-state index contributed by atoms with van der Waals surface area (Å²) in [6.07, 6.45) is 6.72. The Hall–Kier alpha value is -2.44. The molecule has 7 nitrogen and oxygen atoms in total. The normalized spacial score (nSPS) is 19.0. The lowest BCUT2D eigenvalue weighted by Gasteiger charge is -2.31. The number of carboxylic acid groups (broad SMARTS) is 1. The summed E-state index contributed by atoms with van der Waals surface area (Å²) in [5.41, 5.74) is 0. The van der Waals surface area contributed by atoms with Gasteiger partial charge in [0.05, 0.1) is 5.92 Å². The van der Waals surface area contributed by atoms with Crippen molar-refractivity contribution in [2.75, 3.05) is 18.0 Å². The van der Waals surface area contributed by atoms with E-state index in [0.29, 0.717) is 12.4 Å². The number of hydrogen-bond donors (Lipinski definition) is 1. The SMILES string of the molecule is O=C(O)[C@@H]1CCCN(c2ccc(-n3ccnc3)nn2)C1. The van der Waals surface area contributed by atoms with Gasteiger partial charge in [0.25, 0.3) is 0 Å². The summed E-state index contributed by atoms with van der Waals surface area (Å²) >= 11 is 0. The van der Waals surface area contributed by atoms with Gasteiger partial charge in [-0.1, -0.05) is 0 Å². The first-order valence-electron chi connectivity index (χ1n) is 6.54. The number of imidazole rings is 1. The smallest absolute Gasteiger partial charge is 0.308 e. The molecular formula is C13H15N5O2. The van der Waals surface area contributed by atoms with E-state index in [1.54, 1.807) is 23.3 Å². The Labute approximate surface area is 115 Å². The number of nitrogens with zero attached hydrogens (tertiary/aromatic N) is 5. The van der Waals surface area contributed by atoms with Crippen LogP contribution in [0.4, 0.5) is 5.82 Å². The van der Waals surface area contributed by atoms with Crippen LogP contribution in [0.5, 0.6) is 0 Å². The third-order valence-electron chi connectivity index (χ3n) is 3.50. The van der Waals surface area contributed by atoms with Crippen LogP contribution in [-0.4, -0.2) is 43.9 Å². The Morgan fingerprint density at radius 3 is 2.75 bits per heavy atom. The number of anilines is 1. The van der Waals surface area contributed by atoms with Crippen LogP contribution in [0, 0.1) is 5.92 Å². The molecule has 1 saturated heterocycles. The van der Waals surface area contributed by atoms with E-state index in [9.17, 15) is 4.79 Å². The molecule has 0 spiro atoms. The number of carbonyl (C=O) groups is 1. The molecule has 0 aliphatic carbocycles. The third-order valence-corrected chi connectivity index (χ3v) is 3.50. The van der Waals surface area contributed by atoms with Crippen molar-refractivity contribution in [2.24, 2.45) is 5.92 Å². The highest BCUT2D eigenvalue weighted by Gasteiger charge is 2.26. The maximum atomic E-state index is 11.1. The molecule has 7 heteroatoms. The summed E-state index contributed by atoms with van der Waals surface area (Å²) in [6, 6.07) is 3.72. The van der Waals surface area contributed by atoms with Crippen LogP contribution >= 0.6 is 0 Å². The predicted octanol–water partition coefficient (Wildman–Crippen LogP) is 0.963. The van der Waals surface area contributed by atoms with E-state index in [1.807, 2.05) is 17.0 Å². The van der Waals surface area contributed by atoms with Gasteiger partial charge in [0, 0.05) is 25.5 Å². The summed E-state index contributed by atoms with van der Waals surface area (Å²) in [6.45, 7) is 1.32. The molecule has 0 bridgehead atoms. The number of aromatic nitrogens is 4. The quantitative estimate of drug-likeness (QED) is 0.896. The fourth-order valence-corrected chi connectivity index (χ4v) is 2.41. The summed E-state index contributed by atoms with van der Waals surface area (Å²) < 4.78 is 1.77. The summed E-state index contributed by atoms with van der Waals surface area (Å²) in [4.78, 5) is 17.0. The molecule has 0 saturated carbocycles. The maximum Gasteiger partial charge on any atom is 0.308 e. The van der Waals surface area contributed by atoms with Gasteiger partial charge in [-0.2, -0.15) is 0 Å². The number of carboxylic acids is 1. The topological polar surface area (TPSA) is 84.1 Å². The molecule has 1 fully saturated rings. The molecule has 1 N–H and O–H groups in total. The monoisotopic (exact) mass is 273 g/mol. The van der Waals surface area contributed by atoms with Crippen LogP contribution in [0.3, 0.4) is 0 Å². The molecular weight excluding hydrogens is 258 g/mol. The zero-order chi connectivity index (χ0) is 13.9. The minimum Gasteiger partial charge on any atom is -0.481 e. The lowest BCUT2D eigenvalue weighted by Crippen LogP contribution is -2.39. The first kappa shape index (κ1) is 12.6. The fraction of sp³-hybridized carbons (Fsp3) is 0.385. The Morgan fingerprint density at radius 1 is 1.30 bits per heavy atom. The highest BCUT2D eigenvalue weighted by Crippen LogP contribution is 2.21. The zero-order valence-electron chi connectivity index (χ0n) is 10.9. The van der Waals surface area contributed by atoms with Crippen molar-refractivity contribution >= 4 is 11.8 Å². The lowest BCUT2D eigenvalue weighted by molar-refractivity contribution is -0.141. The summed E-state index contributed by atoms with van der Waals surface area (Å²) in [5, 5.41) is 17.4. The summed E-state index contributed by atoms with van der Waals surface area (Å²) in [7, 11) is 0. The van der Waals surface area contributed by atoms with Crippen LogP contribution in [0.15, 0.2) is 30.9 Å². The molecule has 1 aliphatic rings. The minimum absolute atomic E-state index is 0.320. The van der Waals surface area contributed by atoms with Gasteiger partial charge in [-0.15, -0.1) is 10.2 Å². The third kappa shape index (κ3) is 2.47. The highest BCUT2D eigenvalue weighted by atomic mass is 16.4. The standard InChI is InChI=1S/C13H15N5O2/c19-13(20)10-2-1-6-17(8-10)11-3-4-12(16-15-11)18-7-5-14-9-18/h3-5,7,9-10H,1-2,6,8H2,(H,19,20)/t10-/m1/s1. The molecule has 1 aliphatic heterocycles.